The molecule has 5 nitrogen and oxygen atoms in total. The highest BCUT2D eigenvalue weighted by atomic mass is 32.2. The van der Waals surface area contributed by atoms with Crippen LogP contribution in [-0.2, 0) is 20.0 Å². The van der Waals surface area contributed by atoms with Gasteiger partial charge in [-0.3, -0.25) is 4.18 Å². The molecule has 0 aromatic rings. The van der Waals surface area contributed by atoms with Crippen LogP contribution in [0.25, 0.3) is 0 Å². The van der Waals surface area contributed by atoms with Gasteiger partial charge in [-0.25, -0.2) is 9.00 Å². The van der Waals surface area contributed by atoms with Crippen molar-refractivity contribution in [1.82, 2.24) is 4.90 Å². The second-order valence-electron chi connectivity index (χ2n) is 5.62. The van der Waals surface area contributed by atoms with E-state index in [4.69, 9.17) is 8.92 Å². The number of hydrogen-bond donors (Lipinski definition) is 0. The minimum absolute atomic E-state index is 0.246. The van der Waals surface area contributed by atoms with Gasteiger partial charge in [0.05, 0.1) is 6.61 Å². The Kier molecular flexibility index (Phi) is 5.59. The fourth-order valence-electron chi connectivity index (χ4n) is 1.89. The lowest BCUT2D eigenvalue weighted by Gasteiger charge is -2.33. The lowest BCUT2D eigenvalue weighted by Crippen LogP contribution is -2.43. The van der Waals surface area contributed by atoms with Crippen LogP contribution in [0, 0.1) is 5.92 Å². The molecule has 0 radical (unpaired) electrons. The predicted molar refractivity (Wildman–Crippen MR) is 70.5 cm³/mol. The molecular weight excluding hydrogens is 254 g/mol. The highest BCUT2D eigenvalue weighted by Gasteiger charge is 2.27. The van der Waals surface area contributed by atoms with Crippen LogP contribution in [0.1, 0.15) is 33.6 Å². The Morgan fingerprint density at radius 2 is 2.11 bits per heavy atom. The van der Waals surface area contributed by atoms with E-state index in [2.05, 4.69) is 0 Å². The van der Waals surface area contributed by atoms with Crippen LogP contribution in [0.2, 0.25) is 0 Å². The molecule has 106 valence electrons. The average molecular weight is 277 g/mol. The first-order valence-corrected chi connectivity index (χ1v) is 7.71. The van der Waals surface area contributed by atoms with Crippen molar-refractivity contribution >= 4 is 17.2 Å². The third kappa shape index (κ3) is 5.82. The second-order valence-corrected chi connectivity index (χ2v) is 6.66. The third-order valence-electron chi connectivity index (χ3n) is 2.64. The van der Waals surface area contributed by atoms with Gasteiger partial charge in [-0.05, 0) is 33.6 Å². The Morgan fingerprint density at radius 3 is 2.67 bits per heavy atom. The van der Waals surface area contributed by atoms with Crippen molar-refractivity contribution in [3.05, 3.63) is 0 Å². The molecule has 0 bridgehead atoms. The predicted octanol–water partition coefficient (Wildman–Crippen LogP) is 1.94. The Morgan fingerprint density at radius 1 is 1.44 bits per heavy atom. The molecule has 0 aromatic carbocycles. The largest absolute Gasteiger partial charge is 0.444 e. The first kappa shape index (κ1) is 15.4. The van der Waals surface area contributed by atoms with Gasteiger partial charge in [0.15, 0.2) is 11.1 Å². The molecule has 6 heteroatoms. The number of carbonyl (C=O) groups is 1. The minimum Gasteiger partial charge on any atom is -0.444 e. The fourth-order valence-corrected chi connectivity index (χ4v) is 2.27. The van der Waals surface area contributed by atoms with E-state index in [9.17, 15) is 9.00 Å². The second kappa shape index (κ2) is 6.52. The zero-order valence-electron chi connectivity index (χ0n) is 11.6. The van der Waals surface area contributed by atoms with E-state index in [1.807, 2.05) is 20.8 Å². The molecule has 0 N–H and O–H groups in total. The van der Waals surface area contributed by atoms with E-state index in [1.54, 1.807) is 4.90 Å². The molecule has 1 saturated heterocycles. The molecule has 1 amide bonds. The van der Waals surface area contributed by atoms with E-state index >= 15 is 0 Å². The summed E-state index contributed by atoms with van der Waals surface area (Å²) >= 11 is -1.24. The summed E-state index contributed by atoms with van der Waals surface area (Å²) in [4.78, 5) is 13.6. The molecular formula is C12H23NO4S. The van der Waals surface area contributed by atoms with Crippen LogP contribution < -0.4 is 0 Å². The molecule has 1 aliphatic heterocycles. The number of likely N-dealkylation sites (tertiary alicyclic amines) is 1. The van der Waals surface area contributed by atoms with Crippen LogP contribution in [0.15, 0.2) is 0 Å². The molecule has 1 heterocycles. The summed E-state index contributed by atoms with van der Waals surface area (Å²) in [6.07, 6.45) is 3.17. The van der Waals surface area contributed by atoms with Crippen LogP contribution in [0.5, 0.6) is 0 Å². The van der Waals surface area contributed by atoms with Gasteiger partial charge >= 0.3 is 6.09 Å². The van der Waals surface area contributed by atoms with Crippen molar-refractivity contribution in [1.29, 1.82) is 0 Å². The number of carbonyl (C=O) groups excluding carboxylic acids is 1. The van der Waals surface area contributed by atoms with Gasteiger partial charge in [0.1, 0.15) is 5.60 Å². The molecule has 18 heavy (non-hydrogen) atoms. The first-order chi connectivity index (χ1) is 8.28. The maximum atomic E-state index is 11.9. The Hall–Kier alpha value is -0.620. The molecule has 0 saturated carbocycles. The van der Waals surface area contributed by atoms with Crippen LogP contribution in [0.4, 0.5) is 4.79 Å². The van der Waals surface area contributed by atoms with Gasteiger partial charge in [-0.15, -0.1) is 0 Å². The molecule has 0 aromatic heterocycles. The number of piperidine rings is 1. The number of ether oxygens (including phenoxy) is 1. The minimum atomic E-state index is -1.24. The van der Waals surface area contributed by atoms with Crippen LogP contribution in [0.3, 0.4) is 0 Å². The van der Waals surface area contributed by atoms with E-state index in [0.29, 0.717) is 13.2 Å². The molecule has 0 aliphatic carbocycles. The van der Waals surface area contributed by atoms with Crippen LogP contribution >= 0.6 is 0 Å². The number of nitrogens with zero attached hydrogens (tertiary/aromatic N) is 1. The van der Waals surface area contributed by atoms with E-state index < -0.39 is 16.7 Å². The Bertz CT molecular complexity index is 314. The first-order valence-electron chi connectivity index (χ1n) is 6.22. The number of hydrogen-bond acceptors (Lipinski definition) is 4. The normalized spacial score (nSPS) is 22.7. The summed E-state index contributed by atoms with van der Waals surface area (Å²) in [7, 11) is 0. The third-order valence-corrected chi connectivity index (χ3v) is 3.11. The van der Waals surface area contributed by atoms with Gasteiger partial charge in [-0.2, -0.15) is 0 Å². The van der Waals surface area contributed by atoms with Crippen molar-refractivity contribution in [2.24, 2.45) is 5.92 Å². The molecule has 1 rings (SSSR count). The Labute approximate surface area is 111 Å². The summed E-state index contributed by atoms with van der Waals surface area (Å²) in [6, 6.07) is 0. The van der Waals surface area contributed by atoms with Gasteiger partial charge in [0.2, 0.25) is 0 Å². The number of amides is 1. The smallest absolute Gasteiger partial charge is 0.410 e. The van der Waals surface area contributed by atoms with Gasteiger partial charge < -0.3 is 9.64 Å². The quantitative estimate of drug-likeness (QED) is 0.791. The highest BCUT2D eigenvalue weighted by molar-refractivity contribution is 7.79. The van der Waals surface area contributed by atoms with Crippen molar-refractivity contribution in [3.63, 3.8) is 0 Å². The maximum absolute atomic E-state index is 11.9. The molecule has 2 atom stereocenters. The van der Waals surface area contributed by atoms with E-state index in [1.165, 1.54) is 6.26 Å². The van der Waals surface area contributed by atoms with Crippen molar-refractivity contribution < 1.29 is 17.9 Å². The Balaban J connectivity index is 2.43. The van der Waals surface area contributed by atoms with Gasteiger partial charge in [0, 0.05) is 25.3 Å². The van der Waals surface area contributed by atoms with Crippen molar-refractivity contribution in [2.75, 3.05) is 26.0 Å². The lowest BCUT2D eigenvalue weighted by atomic mass is 9.99. The van der Waals surface area contributed by atoms with E-state index in [-0.39, 0.29) is 12.0 Å². The van der Waals surface area contributed by atoms with E-state index in [0.717, 1.165) is 19.4 Å². The summed E-state index contributed by atoms with van der Waals surface area (Å²) < 4.78 is 21.3. The van der Waals surface area contributed by atoms with Gasteiger partial charge in [-0.1, -0.05) is 0 Å². The average Bonchev–Trinajstić information content (AvgIpc) is 2.24. The summed E-state index contributed by atoms with van der Waals surface area (Å²) in [6.45, 7) is 7.34. The standard InChI is InChI=1S/C12H23NO4S/c1-12(2,3)17-11(14)13-7-5-6-10(8-13)9-16-18(4)15/h10H,5-9H2,1-4H3. The maximum Gasteiger partial charge on any atom is 0.410 e. The van der Waals surface area contributed by atoms with Gasteiger partial charge in [0.25, 0.3) is 0 Å². The summed E-state index contributed by atoms with van der Waals surface area (Å²) in [5, 5.41) is 0. The monoisotopic (exact) mass is 277 g/mol. The molecule has 0 spiro atoms. The molecule has 2 unspecified atom stereocenters. The zero-order chi connectivity index (χ0) is 13.8. The van der Waals surface area contributed by atoms with Crippen molar-refractivity contribution in [3.8, 4) is 0 Å². The zero-order valence-corrected chi connectivity index (χ0v) is 12.4. The molecule has 1 fully saturated rings. The molecule has 1 aliphatic rings. The SMILES string of the molecule is CS(=O)OCC1CCCN(C(=O)OC(C)(C)C)C1. The highest BCUT2D eigenvalue weighted by Crippen LogP contribution is 2.19. The number of rotatable bonds is 3. The fraction of sp³-hybridized carbons (Fsp3) is 0.917. The lowest BCUT2D eigenvalue weighted by molar-refractivity contribution is 0.0143. The summed E-state index contributed by atoms with van der Waals surface area (Å²) in [5.41, 5.74) is -0.467. The van der Waals surface area contributed by atoms with Crippen LogP contribution in [-0.4, -0.2) is 46.8 Å². The summed E-state index contributed by atoms with van der Waals surface area (Å²) in [5.74, 6) is 0.246. The van der Waals surface area contributed by atoms with Crippen molar-refractivity contribution in [2.45, 2.75) is 39.2 Å². The topological polar surface area (TPSA) is 55.8 Å².